The lowest BCUT2D eigenvalue weighted by Crippen LogP contribution is -2.31. The lowest BCUT2D eigenvalue weighted by atomic mass is 9.87. The molecule has 1 aromatic rings. The average Bonchev–Trinajstić information content (AvgIpc) is 2.49. The Morgan fingerprint density at radius 3 is 1.22 bits per heavy atom. The van der Waals surface area contributed by atoms with Crippen LogP contribution in [0.4, 0.5) is 0 Å². The Morgan fingerprint density at radius 1 is 0.630 bits per heavy atom. The van der Waals surface area contributed by atoms with Gasteiger partial charge in [0.25, 0.3) is 0 Å². The molecule has 0 amide bonds. The predicted octanol–water partition coefficient (Wildman–Crippen LogP) is 6.68. The number of allylic oxidation sites excluding steroid dienone is 1. The van der Waals surface area contributed by atoms with Gasteiger partial charge in [-0.1, -0.05) is 12.2 Å². The van der Waals surface area contributed by atoms with Crippen molar-refractivity contribution < 1.29 is 19.6 Å². The summed E-state index contributed by atoms with van der Waals surface area (Å²) in [6.45, 7) is 25.8. The van der Waals surface area contributed by atoms with E-state index in [1.54, 1.807) is 0 Å². The summed E-state index contributed by atoms with van der Waals surface area (Å²) in [5, 5.41) is 0. The van der Waals surface area contributed by atoms with Crippen molar-refractivity contribution in [3.8, 4) is 0 Å². The van der Waals surface area contributed by atoms with Crippen molar-refractivity contribution in [2.45, 2.75) is 98.6 Å². The Labute approximate surface area is 165 Å². The minimum atomic E-state index is -0.644. The zero-order valence-electron chi connectivity index (χ0n) is 19.1. The summed E-state index contributed by atoms with van der Waals surface area (Å²) in [7, 11) is 0. The van der Waals surface area contributed by atoms with E-state index in [2.05, 4.69) is 24.8 Å². The van der Waals surface area contributed by atoms with Gasteiger partial charge < -0.3 is 0 Å². The SMILES string of the molecule is C=C(C)c1cc(C(C)(C)OOC(C)(C)C)cc(C(C)(C)OOC(C)(C)C)c1. The van der Waals surface area contributed by atoms with Gasteiger partial charge in [-0.3, -0.25) is 0 Å². The van der Waals surface area contributed by atoms with Gasteiger partial charge in [0.1, 0.15) is 11.2 Å². The summed E-state index contributed by atoms with van der Waals surface area (Å²) in [6, 6.07) is 6.24. The second-order valence-electron chi connectivity index (χ2n) is 10.2. The fourth-order valence-corrected chi connectivity index (χ4v) is 2.12. The van der Waals surface area contributed by atoms with Gasteiger partial charge in [0.2, 0.25) is 0 Å². The maximum atomic E-state index is 5.79. The zero-order valence-corrected chi connectivity index (χ0v) is 19.1. The van der Waals surface area contributed by atoms with Gasteiger partial charge >= 0.3 is 0 Å². The van der Waals surface area contributed by atoms with Crippen molar-refractivity contribution in [3.05, 3.63) is 41.5 Å². The first-order chi connectivity index (χ1) is 11.9. The standard InChI is InChI=1S/C23H38O4/c1-16(2)17-13-18(22(9,10)26-24-20(3,4)5)15-19(14-17)23(11,12)27-25-21(6,7)8/h13-15H,1H2,2-12H3. The Morgan fingerprint density at radius 2 is 0.963 bits per heavy atom. The van der Waals surface area contributed by atoms with Crippen LogP contribution in [0.1, 0.15) is 92.9 Å². The lowest BCUT2D eigenvalue weighted by molar-refractivity contribution is -0.403. The lowest BCUT2D eigenvalue weighted by Gasteiger charge is -2.32. The average molecular weight is 379 g/mol. The van der Waals surface area contributed by atoms with E-state index in [1.165, 1.54) is 0 Å². The van der Waals surface area contributed by atoms with E-state index < -0.39 is 22.4 Å². The second kappa shape index (κ2) is 8.04. The molecular weight excluding hydrogens is 340 g/mol. The highest BCUT2D eigenvalue weighted by molar-refractivity contribution is 5.63. The summed E-state index contributed by atoms with van der Waals surface area (Å²) in [6.07, 6.45) is 0. The maximum Gasteiger partial charge on any atom is 0.123 e. The van der Waals surface area contributed by atoms with Crippen molar-refractivity contribution in [2.24, 2.45) is 0 Å². The summed E-state index contributed by atoms with van der Waals surface area (Å²) in [5.74, 6) is 0. The van der Waals surface area contributed by atoms with Crippen LogP contribution in [0.3, 0.4) is 0 Å². The molecule has 1 aromatic carbocycles. The van der Waals surface area contributed by atoms with Crippen LogP contribution in [0.15, 0.2) is 24.8 Å². The van der Waals surface area contributed by atoms with E-state index in [9.17, 15) is 0 Å². The van der Waals surface area contributed by atoms with Gasteiger partial charge in [-0.15, -0.1) is 0 Å². The molecule has 0 saturated heterocycles. The summed E-state index contributed by atoms with van der Waals surface area (Å²) in [5.41, 5.74) is 1.89. The molecule has 0 radical (unpaired) electrons. The first-order valence-electron chi connectivity index (χ1n) is 9.49. The highest BCUT2D eigenvalue weighted by atomic mass is 17.2. The summed E-state index contributed by atoms with van der Waals surface area (Å²) in [4.78, 5) is 22.8. The fraction of sp³-hybridized carbons (Fsp3) is 0.652. The highest BCUT2D eigenvalue weighted by Crippen LogP contribution is 2.35. The minimum Gasteiger partial charge on any atom is -0.230 e. The molecule has 0 aliphatic heterocycles. The monoisotopic (exact) mass is 378 g/mol. The van der Waals surface area contributed by atoms with Gasteiger partial charge in [0.05, 0.1) is 11.2 Å². The van der Waals surface area contributed by atoms with E-state index in [0.29, 0.717) is 0 Å². The molecule has 27 heavy (non-hydrogen) atoms. The van der Waals surface area contributed by atoms with Crippen LogP contribution in [0.5, 0.6) is 0 Å². The predicted molar refractivity (Wildman–Crippen MR) is 111 cm³/mol. The van der Waals surface area contributed by atoms with Crippen LogP contribution in [-0.2, 0) is 30.8 Å². The quantitative estimate of drug-likeness (QED) is 0.391. The fourth-order valence-electron chi connectivity index (χ4n) is 2.12. The molecule has 0 heterocycles. The van der Waals surface area contributed by atoms with Crippen LogP contribution >= 0.6 is 0 Å². The van der Waals surface area contributed by atoms with Gasteiger partial charge in [-0.2, -0.15) is 0 Å². The van der Waals surface area contributed by atoms with Crippen molar-refractivity contribution in [3.63, 3.8) is 0 Å². The molecule has 154 valence electrons. The molecular formula is C23H38O4. The largest absolute Gasteiger partial charge is 0.230 e. The van der Waals surface area contributed by atoms with Crippen LogP contribution in [0, 0.1) is 0 Å². The topological polar surface area (TPSA) is 36.9 Å². The number of hydrogen-bond acceptors (Lipinski definition) is 4. The Hall–Kier alpha value is -1.20. The molecule has 0 unspecified atom stereocenters. The highest BCUT2D eigenvalue weighted by Gasteiger charge is 2.31. The first-order valence-corrected chi connectivity index (χ1v) is 9.49. The van der Waals surface area contributed by atoms with Crippen LogP contribution in [0.2, 0.25) is 0 Å². The summed E-state index contributed by atoms with van der Waals surface area (Å²) < 4.78 is 0. The van der Waals surface area contributed by atoms with Gasteiger partial charge in [-0.05, 0) is 111 Å². The van der Waals surface area contributed by atoms with E-state index in [4.69, 9.17) is 19.6 Å². The number of rotatable bonds is 7. The van der Waals surface area contributed by atoms with E-state index in [0.717, 1.165) is 22.3 Å². The third kappa shape index (κ3) is 7.74. The smallest absolute Gasteiger partial charge is 0.123 e. The Balaban J connectivity index is 3.29. The normalized spacial score (nSPS) is 13.7. The van der Waals surface area contributed by atoms with E-state index in [-0.39, 0.29) is 0 Å². The molecule has 0 fully saturated rings. The molecule has 0 spiro atoms. The van der Waals surface area contributed by atoms with Gasteiger partial charge in [-0.25, -0.2) is 19.6 Å². The molecule has 0 bridgehead atoms. The number of hydrogen-bond donors (Lipinski definition) is 0. The molecule has 0 aliphatic carbocycles. The third-order valence-corrected chi connectivity index (χ3v) is 3.82. The number of benzene rings is 1. The molecule has 0 aliphatic rings. The maximum absolute atomic E-state index is 5.79. The van der Waals surface area contributed by atoms with Crippen LogP contribution in [0.25, 0.3) is 5.57 Å². The third-order valence-electron chi connectivity index (χ3n) is 3.82. The Kier molecular flexibility index (Phi) is 7.10. The molecule has 0 saturated carbocycles. The van der Waals surface area contributed by atoms with Crippen molar-refractivity contribution >= 4 is 5.57 Å². The molecule has 4 heteroatoms. The first kappa shape index (κ1) is 23.8. The van der Waals surface area contributed by atoms with Crippen molar-refractivity contribution in [1.29, 1.82) is 0 Å². The van der Waals surface area contributed by atoms with Crippen LogP contribution < -0.4 is 0 Å². The Bertz CT molecular complexity index is 610. The van der Waals surface area contributed by atoms with Gasteiger partial charge in [0.15, 0.2) is 0 Å². The van der Waals surface area contributed by atoms with E-state index >= 15 is 0 Å². The molecule has 1 rings (SSSR count). The minimum absolute atomic E-state index is 0.394. The summed E-state index contributed by atoms with van der Waals surface area (Å²) >= 11 is 0. The molecule has 4 nitrogen and oxygen atoms in total. The van der Waals surface area contributed by atoms with Crippen molar-refractivity contribution in [1.82, 2.24) is 0 Å². The molecule has 0 atom stereocenters. The molecule has 0 N–H and O–H groups in total. The van der Waals surface area contributed by atoms with Crippen LogP contribution in [-0.4, -0.2) is 11.2 Å². The molecule has 0 aromatic heterocycles. The van der Waals surface area contributed by atoms with Gasteiger partial charge in [0, 0.05) is 0 Å². The van der Waals surface area contributed by atoms with E-state index in [1.807, 2.05) is 76.2 Å². The zero-order chi connectivity index (χ0) is 21.3. The second-order valence-corrected chi connectivity index (χ2v) is 10.2. The van der Waals surface area contributed by atoms with Crippen molar-refractivity contribution in [2.75, 3.05) is 0 Å².